The summed E-state index contributed by atoms with van der Waals surface area (Å²) in [5, 5.41) is 0. The molecule has 206 valence electrons. The molecule has 1 unspecified atom stereocenters. The van der Waals surface area contributed by atoms with Crippen LogP contribution in [0.2, 0.25) is 0 Å². The first-order valence-corrected chi connectivity index (χ1v) is 16.1. The second kappa shape index (κ2) is 31.2. The van der Waals surface area contributed by atoms with E-state index < -0.39 is 0 Å². The summed E-state index contributed by atoms with van der Waals surface area (Å²) in [5.74, 6) is 0.323. The van der Waals surface area contributed by atoms with Gasteiger partial charge in [0.2, 0.25) is 0 Å². The molecular weight excluding hydrogens is 424 g/mol. The molecule has 0 aromatic rings. The number of carbonyl (C=O) groups excluding carboxylic acids is 1. The van der Waals surface area contributed by atoms with E-state index in [-0.39, 0.29) is 0 Å². The molecule has 0 N–H and O–H groups in total. The molecular formula is C34H64O. The third kappa shape index (κ3) is 29.3. The SMILES string of the molecule is CCCCC/C=C\C/C=C\CCCCCCCCC(C=O)CCCCCCCCCCCCCC. The summed E-state index contributed by atoms with van der Waals surface area (Å²) in [6.07, 6.45) is 45.0. The van der Waals surface area contributed by atoms with E-state index in [0.29, 0.717) is 5.92 Å². The summed E-state index contributed by atoms with van der Waals surface area (Å²) in [5.41, 5.74) is 0. The fraction of sp³-hybridized carbons (Fsp3) is 0.853. The highest BCUT2D eigenvalue weighted by Gasteiger charge is 2.06. The quantitative estimate of drug-likeness (QED) is 0.0581. The first kappa shape index (κ1) is 34.1. The van der Waals surface area contributed by atoms with E-state index in [1.807, 2.05) is 0 Å². The van der Waals surface area contributed by atoms with E-state index in [1.165, 1.54) is 154 Å². The zero-order chi connectivity index (χ0) is 25.5. The minimum absolute atomic E-state index is 0.323. The third-order valence-electron chi connectivity index (χ3n) is 7.40. The molecule has 0 aromatic heterocycles. The van der Waals surface area contributed by atoms with Crippen molar-refractivity contribution in [2.75, 3.05) is 0 Å². The van der Waals surface area contributed by atoms with Gasteiger partial charge < -0.3 is 4.79 Å². The molecule has 0 aliphatic carbocycles. The van der Waals surface area contributed by atoms with E-state index >= 15 is 0 Å². The normalized spacial score (nSPS) is 12.7. The molecule has 0 rings (SSSR count). The molecule has 0 bridgehead atoms. The smallest absolute Gasteiger partial charge is 0.123 e. The van der Waals surface area contributed by atoms with Crippen LogP contribution in [0.4, 0.5) is 0 Å². The van der Waals surface area contributed by atoms with E-state index in [4.69, 9.17) is 0 Å². The van der Waals surface area contributed by atoms with Crippen LogP contribution in [-0.2, 0) is 4.79 Å². The van der Waals surface area contributed by atoms with Crippen LogP contribution in [0.3, 0.4) is 0 Å². The predicted octanol–water partition coefficient (Wildman–Crippen LogP) is 12.1. The van der Waals surface area contributed by atoms with Crippen LogP contribution in [0.5, 0.6) is 0 Å². The van der Waals surface area contributed by atoms with Gasteiger partial charge in [-0.15, -0.1) is 0 Å². The van der Waals surface area contributed by atoms with E-state index in [0.717, 1.165) is 19.3 Å². The van der Waals surface area contributed by atoms with Gasteiger partial charge in [0.05, 0.1) is 0 Å². The van der Waals surface area contributed by atoms with Crippen LogP contribution < -0.4 is 0 Å². The fourth-order valence-corrected chi connectivity index (χ4v) is 4.92. The Morgan fingerprint density at radius 1 is 0.429 bits per heavy atom. The number of rotatable bonds is 29. The largest absolute Gasteiger partial charge is 0.303 e. The number of hydrogen-bond donors (Lipinski definition) is 0. The van der Waals surface area contributed by atoms with Crippen LogP contribution in [0, 0.1) is 5.92 Å². The molecule has 0 aliphatic heterocycles. The predicted molar refractivity (Wildman–Crippen MR) is 159 cm³/mol. The first-order valence-electron chi connectivity index (χ1n) is 16.1. The fourth-order valence-electron chi connectivity index (χ4n) is 4.92. The molecule has 35 heavy (non-hydrogen) atoms. The lowest BCUT2D eigenvalue weighted by Crippen LogP contribution is -2.02. The van der Waals surface area contributed by atoms with E-state index in [9.17, 15) is 4.79 Å². The second-order valence-electron chi connectivity index (χ2n) is 10.9. The molecule has 0 saturated carbocycles. The Morgan fingerprint density at radius 3 is 1.20 bits per heavy atom. The summed E-state index contributed by atoms with van der Waals surface area (Å²) in [6.45, 7) is 4.55. The molecule has 1 nitrogen and oxygen atoms in total. The average molecular weight is 489 g/mol. The number of carbonyl (C=O) groups is 1. The summed E-state index contributed by atoms with van der Waals surface area (Å²) in [4.78, 5) is 11.4. The summed E-state index contributed by atoms with van der Waals surface area (Å²) in [6, 6.07) is 0. The monoisotopic (exact) mass is 488 g/mol. The van der Waals surface area contributed by atoms with Gasteiger partial charge in [0.15, 0.2) is 0 Å². The minimum atomic E-state index is 0.323. The van der Waals surface area contributed by atoms with Gasteiger partial charge in [0.1, 0.15) is 6.29 Å². The van der Waals surface area contributed by atoms with Crippen LogP contribution >= 0.6 is 0 Å². The highest BCUT2D eigenvalue weighted by Crippen LogP contribution is 2.18. The van der Waals surface area contributed by atoms with Crippen molar-refractivity contribution in [2.45, 2.75) is 181 Å². The minimum Gasteiger partial charge on any atom is -0.303 e. The molecule has 0 radical (unpaired) electrons. The van der Waals surface area contributed by atoms with Crippen molar-refractivity contribution >= 4 is 6.29 Å². The van der Waals surface area contributed by atoms with Gasteiger partial charge in [-0.25, -0.2) is 0 Å². The maximum atomic E-state index is 11.4. The number of aldehydes is 1. The van der Waals surface area contributed by atoms with Gasteiger partial charge in [-0.05, 0) is 44.9 Å². The Bertz CT molecular complexity index is 450. The zero-order valence-electron chi connectivity index (χ0n) is 24.3. The third-order valence-corrected chi connectivity index (χ3v) is 7.40. The molecule has 0 aliphatic rings. The second-order valence-corrected chi connectivity index (χ2v) is 10.9. The Hall–Kier alpha value is -0.850. The number of hydrogen-bond acceptors (Lipinski definition) is 1. The van der Waals surface area contributed by atoms with Crippen LogP contribution in [0.15, 0.2) is 24.3 Å². The Labute approximate surface area is 222 Å². The number of unbranched alkanes of at least 4 members (excludes halogenated alkanes) is 20. The molecule has 0 spiro atoms. The Kier molecular flexibility index (Phi) is 30.4. The maximum Gasteiger partial charge on any atom is 0.123 e. The van der Waals surface area contributed by atoms with Gasteiger partial charge in [0.25, 0.3) is 0 Å². The lowest BCUT2D eigenvalue weighted by molar-refractivity contribution is -0.111. The van der Waals surface area contributed by atoms with Crippen molar-refractivity contribution in [2.24, 2.45) is 5.92 Å². The topological polar surface area (TPSA) is 17.1 Å². The molecule has 0 amide bonds. The van der Waals surface area contributed by atoms with Crippen molar-refractivity contribution in [3.8, 4) is 0 Å². The van der Waals surface area contributed by atoms with Crippen molar-refractivity contribution in [1.29, 1.82) is 0 Å². The van der Waals surface area contributed by atoms with Crippen molar-refractivity contribution in [3.63, 3.8) is 0 Å². The van der Waals surface area contributed by atoms with E-state index in [1.54, 1.807) is 0 Å². The van der Waals surface area contributed by atoms with Gasteiger partial charge in [0, 0.05) is 5.92 Å². The lowest BCUT2D eigenvalue weighted by Gasteiger charge is -2.10. The Balaban J connectivity index is 3.35. The van der Waals surface area contributed by atoms with Crippen LogP contribution in [-0.4, -0.2) is 6.29 Å². The summed E-state index contributed by atoms with van der Waals surface area (Å²) in [7, 11) is 0. The van der Waals surface area contributed by atoms with Crippen molar-refractivity contribution in [1.82, 2.24) is 0 Å². The molecule has 1 atom stereocenters. The highest BCUT2D eigenvalue weighted by atomic mass is 16.1. The standard InChI is InChI=1S/C34H64O/c1-3-5-7-9-11-13-15-17-18-19-20-22-24-26-28-30-32-34(33-35)31-29-27-25-23-21-16-14-12-10-8-6-4-2/h11,13,17-18,33-34H,3-10,12,14-16,19-32H2,1-2H3/b13-11-,18-17-. The highest BCUT2D eigenvalue weighted by molar-refractivity contribution is 5.53. The van der Waals surface area contributed by atoms with Gasteiger partial charge >= 0.3 is 0 Å². The van der Waals surface area contributed by atoms with Crippen molar-refractivity contribution < 1.29 is 4.79 Å². The van der Waals surface area contributed by atoms with Crippen LogP contribution in [0.1, 0.15) is 181 Å². The van der Waals surface area contributed by atoms with Gasteiger partial charge in [-0.3, -0.25) is 0 Å². The molecule has 0 heterocycles. The lowest BCUT2D eigenvalue weighted by atomic mass is 9.95. The van der Waals surface area contributed by atoms with Gasteiger partial charge in [-0.2, -0.15) is 0 Å². The zero-order valence-corrected chi connectivity index (χ0v) is 24.3. The molecule has 0 fully saturated rings. The average Bonchev–Trinajstić information content (AvgIpc) is 2.87. The first-order chi connectivity index (χ1) is 17.3. The summed E-state index contributed by atoms with van der Waals surface area (Å²) >= 11 is 0. The molecule has 0 aromatic carbocycles. The van der Waals surface area contributed by atoms with Crippen LogP contribution in [0.25, 0.3) is 0 Å². The van der Waals surface area contributed by atoms with E-state index in [2.05, 4.69) is 38.2 Å². The van der Waals surface area contributed by atoms with Gasteiger partial charge in [-0.1, -0.05) is 160 Å². The number of allylic oxidation sites excluding steroid dienone is 4. The summed E-state index contributed by atoms with van der Waals surface area (Å²) < 4.78 is 0. The Morgan fingerprint density at radius 2 is 0.771 bits per heavy atom. The molecule has 1 heteroatoms. The molecule has 0 saturated heterocycles. The maximum absolute atomic E-state index is 11.4. The van der Waals surface area contributed by atoms with Crippen molar-refractivity contribution in [3.05, 3.63) is 24.3 Å².